The Morgan fingerprint density at radius 1 is 1.48 bits per heavy atom. The average Bonchev–Trinajstić information content (AvgIpc) is 2.43. The summed E-state index contributed by atoms with van der Waals surface area (Å²) in [6.45, 7) is 5.94. The summed E-state index contributed by atoms with van der Waals surface area (Å²) in [4.78, 5) is 11.5. The van der Waals surface area contributed by atoms with E-state index in [1.54, 1.807) is 12.1 Å². The topological polar surface area (TPSA) is 50.4 Å². The fourth-order valence-electron chi connectivity index (χ4n) is 1.67. The van der Waals surface area contributed by atoms with Crippen molar-refractivity contribution in [2.45, 2.75) is 20.4 Å². The largest absolute Gasteiger partial charge is 0.483 e. The maximum atomic E-state index is 11.5. The number of terminal acetylenes is 1. The van der Waals surface area contributed by atoms with E-state index < -0.39 is 0 Å². The van der Waals surface area contributed by atoms with Gasteiger partial charge < -0.3 is 15.4 Å². The minimum absolute atomic E-state index is 0.0690. The molecule has 1 rings (SSSR count). The molecule has 2 N–H and O–H groups in total. The van der Waals surface area contributed by atoms with Crippen molar-refractivity contribution < 1.29 is 9.53 Å². The van der Waals surface area contributed by atoms with Gasteiger partial charge in [0, 0.05) is 17.1 Å². The molecule has 5 heteroatoms. The van der Waals surface area contributed by atoms with Gasteiger partial charge in [-0.05, 0) is 30.7 Å². The molecule has 0 aliphatic heterocycles. The number of halogens is 1. The lowest BCUT2D eigenvalue weighted by atomic mass is 10.2. The number of carbonyl (C=O) groups is 1. The van der Waals surface area contributed by atoms with Gasteiger partial charge in [-0.15, -0.1) is 6.42 Å². The van der Waals surface area contributed by atoms with Crippen LogP contribution < -0.4 is 15.4 Å². The van der Waals surface area contributed by atoms with E-state index in [9.17, 15) is 4.79 Å². The number of hydrogen-bond acceptors (Lipinski definition) is 3. The third-order valence-electron chi connectivity index (χ3n) is 2.64. The van der Waals surface area contributed by atoms with E-state index in [2.05, 4.69) is 30.4 Å². The Labute approximate surface area is 131 Å². The van der Waals surface area contributed by atoms with Crippen molar-refractivity contribution in [1.82, 2.24) is 10.6 Å². The van der Waals surface area contributed by atoms with Crippen LogP contribution in [0.4, 0.5) is 0 Å². The van der Waals surface area contributed by atoms with E-state index in [-0.39, 0.29) is 19.1 Å². The predicted octanol–water partition coefficient (Wildman–Crippen LogP) is 2.21. The first kappa shape index (κ1) is 17.4. The van der Waals surface area contributed by atoms with Crippen LogP contribution in [0, 0.1) is 18.3 Å². The lowest BCUT2D eigenvalue weighted by Gasteiger charge is -2.13. The highest BCUT2D eigenvalue weighted by atomic mass is 35.5. The number of carbonyl (C=O) groups excluding carboxylic acids is 1. The molecule has 0 bridgehead atoms. The first-order valence-electron chi connectivity index (χ1n) is 6.85. The highest BCUT2D eigenvalue weighted by Crippen LogP contribution is 2.22. The SMILES string of the molecule is C#CCNC(=O)COc1ccc(Cl)cc1CNCC(C)C. The second kappa shape index (κ2) is 9.28. The van der Waals surface area contributed by atoms with E-state index >= 15 is 0 Å². The van der Waals surface area contributed by atoms with Crippen LogP contribution in [-0.2, 0) is 11.3 Å². The van der Waals surface area contributed by atoms with Gasteiger partial charge in [-0.1, -0.05) is 31.4 Å². The molecule has 0 atom stereocenters. The van der Waals surface area contributed by atoms with E-state index in [1.165, 1.54) is 0 Å². The second-order valence-corrected chi connectivity index (χ2v) is 5.48. The molecule has 0 spiro atoms. The van der Waals surface area contributed by atoms with Gasteiger partial charge in [-0.25, -0.2) is 0 Å². The Bertz CT molecular complexity index is 509. The van der Waals surface area contributed by atoms with E-state index in [0.29, 0.717) is 23.2 Å². The number of nitrogens with one attached hydrogen (secondary N) is 2. The zero-order valence-electron chi connectivity index (χ0n) is 12.4. The minimum atomic E-state index is -0.246. The molecule has 114 valence electrons. The highest BCUT2D eigenvalue weighted by Gasteiger charge is 2.08. The summed E-state index contributed by atoms with van der Waals surface area (Å²) in [5.74, 6) is 3.30. The number of amides is 1. The molecule has 0 aliphatic rings. The smallest absolute Gasteiger partial charge is 0.258 e. The third-order valence-corrected chi connectivity index (χ3v) is 2.87. The molecular weight excluding hydrogens is 288 g/mol. The summed E-state index contributed by atoms with van der Waals surface area (Å²) in [5, 5.41) is 6.51. The van der Waals surface area contributed by atoms with Crippen LogP contribution in [0.1, 0.15) is 19.4 Å². The van der Waals surface area contributed by atoms with Gasteiger partial charge in [0.2, 0.25) is 0 Å². The fourth-order valence-corrected chi connectivity index (χ4v) is 1.86. The number of hydrogen-bond donors (Lipinski definition) is 2. The monoisotopic (exact) mass is 308 g/mol. The summed E-state index contributed by atoms with van der Waals surface area (Å²) in [6, 6.07) is 5.34. The lowest BCUT2D eigenvalue weighted by molar-refractivity contribution is -0.122. The van der Waals surface area contributed by atoms with Gasteiger partial charge in [0.25, 0.3) is 5.91 Å². The van der Waals surface area contributed by atoms with E-state index in [1.807, 2.05) is 6.07 Å². The molecule has 0 heterocycles. The van der Waals surface area contributed by atoms with Crippen LogP contribution in [0.5, 0.6) is 5.75 Å². The zero-order chi connectivity index (χ0) is 15.7. The summed E-state index contributed by atoms with van der Waals surface area (Å²) in [6.07, 6.45) is 5.08. The quantitative estimate of drug-likeness (QED) is 0.724. The minimum Gasteiger partial charge on any atom is -0.483 e. The van der Waals surface area contributed by atoms with Crippen LogP contribution in [-0.4, -0.2) is 25.6 Å². The normalized spacial score (nSPS) is 10.2. The van der Waals surface area contributed by atoms with Crippen LogP contribution in [0.3, 0.4) is 0 Å². The molecule has 1 aromatic carbocycles. The lowest BCUT2D eigenvalue weighted by Crippen LogP contribution is -2.29. The number of ether oxygens (including phenoxy) is 1. The first-order chi connectivity index (χ1) is 10.0. The maximum Gasteiger partial charge on any atom is 0.258 e. The molecular formula is C16H21ClN2O2. The van der Waals surface area contributed by atoms with Crippen molar-refractivity contribution >= 4 is 17.5 Å². The molecule has 0 saturated carbocycles. The molecule has 0 saturated heterocycles. The Kier molecular flexibility index (Phi) is 7.66. The molecule has 4 nitrogen and oxygen atoms in total. The van der Waals surface area contributed by atoms with Crippen molar-refractivity contribution in [3.05, 3.63) is 28.8 Å². The summed E-state index contributed by atoms with van der Waals surface area (Å²) in [5.41, 5.74) is 0.924. The second-order valence-electron chi connectivity index (χ2n) is 5.05. The molecule has 1 amide bonds. The van der Waals surface area contributed by atoms with Gasteiger partial charge in [0.15, 0.2) is 6.61 Å². The van der Waals surface area contributed by atoms with Crippen LogP contribution in [0.25, 0.3) is 0 Å². The molecule has 0 radical (unpaired) electrons. The molecule has 0 aromatic heterocycles. The standard InChI is InChI=1S/C16H21ClN2O2/c1-4-7-19-16(20)11-21-15-6-5-14(17)8-13(15)10-18-9-12(2)3/h1,5-6,8,12,18H,7,9-11H2,2-3H3,(H,19,20). The molecule has 0 fully saturated rings. The van der Waals surface area contributed by atoms with Gasteiger partial charge >= 0.3 is 0 Å². The Morgan fingerprint density at radius 2 is 2.24 bits per heavy atom. The van der Waals surface area contributed by atoms with Crippen molar-refractivity contribution in [2.24, 2.45) is 5.92 Å². The van der Waals surface area contributed by atoms with Crippen LogP contribution in [0.15, 0.2) is 18.2 Å². The average molecular weight is 309 g/mol. The molecule has 1 aromatic rings. The molecule has 0 unspecified atom stereocenters. The summed E-state index contributed by atoms with van der Waals surface area (Å²) >= 11 is 6.00. The van der Waals surface area contributed by atoms with Gasteiger partial charge in [-0.3, -0.25) is 4.79 Å². The number of rotatable bonds is 8. The van der Waals surface area contributed by atoms with Crippen LogP contribution >= 0.6 is 11.6 Å². The third kappa shape index (κ3) is 7.03. The van der Waals surface area contributed by atoms with Gasteiger partial charge in [0.1, 0.15) is 5.75 Å². The highest BCUT2D eigenvalue weighted by molar-refractivity contribution is 6.30. The molecule has 21 heavy (non-hydrogen) atoms. The van der Waals surface area contributed by atoms with Crippen LogP contribution in [0.2, 0.25) is 5.02 Å². The first-order valence-corrected chi connectivity index (χ1v) is 7.22. The zero-order valence-corrected chi connectivity index (χ0v) is 13.2. The van der Waals surface area contributed by atoms with Crippen molar-refractivity contribution in [3.63, 3.8) is 0 Å². The van der Waals surface area contributed by atoms with E-state index in [0.717, 1.165) is 12.1 Å². The molecule has 0 aliphatic carbocycles. The van der Waals surface area contributed by atoms with Gasteiger partial charge in [0.05, 0.1) is 6.54 Å². The maximum absolute atomic E-state index is 11.5. The summed E-state index contributed by atoms with van der Waals surface area (Å²) < 4.78 is 5.53. The Hall–Kier alpha value is -1.70. The predicted molar refractivity (Wildman–Crippen MR) is 85.3 cm³/mol. The number of benzene rings is 1. The van der Waals surface area contributed by atoms with E-state index in [4.69, 9.17) is 22.8 Å². The van der Waals surface area contributed by atoms with Crippen molar-refractivity contribution in [2.75, 3.05) is 19.7 Å². The van der Waals surface area contributed by atoms with Gasteiger partial charge in [-0.2, -0.15) is 0 Å². The van der Waals surface area contributed by atoms with Crippen molar-refractivity contribution in [1.29, 1.82) is 0 Å². The van der Waals surface area contributed by atoms with Crippen molar-refractivity contribution in [3.8, 4) is 18.1 Å². The Morgan fingerprint density at radius 3 is 2.90 bits per heavy atom. The Balaban J connectivity index is 2.60. The fraction of sp³-hybridized carbons (Fsp3) is 0.438. The summed E-state index contributed by atoms with van der Waals surface area (Å²) in [7, 11) is 0.